The van der Waals surface area contributed by atoms with E-state index in [0.717, 1.165) is 16.7 Å². The van der Waals surface area contributed by atoms with Gasteiger partial charge in [-0.3, -0.25) is 0 Å². The maximum Gasteiger partial charge on any atom is 0.407 e. The van der Waals surface area contributed by atoms with Crippen LogP contribution in [-0.4, -0.2) is 17.7 Å². The first-order valence-electron chi connectivity index (χ1n) is 11.9. The maximum absolute atomic E-state index is 12.9. The molecule has 1 atom stereocenters. The van der Waals surface area contributed by atoms with E-state index in [1.54, 1.807) is 6.07 Å². The third kappa shape index (κ3) is 4.44. The number of rotatable bonds is 6. The number of aromatic nitrogens is 1. The van der Waals surface area contributed by atoms with Crippen molar-refractivity contribution in [1.82, 2.24) is 10.3 Å². The van der Waals surface area contributed by atoms with Gasteiger partial charge in [0.2, 0.25) is 5.89 Å². The minimum atomic E-state index is -0.580. The van der Waals surface area contributed by atoms with Gasteiger partial charge in [0.15, 0.2) is 0 Å². The second kappa shape index (κ2) is 9.37. The summed E-state index contributed by atoms with van der Waals surface area (Å²) in [5, 5.41) is 3.35. The predicted octanol–water partition coefficient (Wildman–Crippen LogP) is 6.12. The molecule has 6 heteroatoms. The van der Waals surface area contributed by atoms with E-state index in [9.17, 15) is 9.59 Å². The number of amides is 1. The molecule has 0 fully saturated rings. The van der Waals surface area contributed by atoms with Crippen molar-refractivity contribution in [1.29, 1.82) is 0 Å². The lowest BCUT2D eigenvalue weighted by Crippen LogP contribution is -2.32. The average molecular weight is 469 g/mol. The van der Waals surface area contributed by atoms with Gasteiger partial charge in [0.1, 0.15) is 12.6 Å². The topological polar surface area (TPSA) is 81.4 Å². The minimum absolute atomic E-state index is 0.0311. The zero-order valence-corrected chi connectivity index (χ0v) is 20.1. The Labute approximate surface area is 204 Å². The van der Waals surface area contributed by atoms with Crippen LogP contribution in [0.4, 0.5) is 4.79 Å². The molecule has 0 unspecified atom stereocenters. The fraction of sp³-hybridized carbons (Fsp3) is 0.276. The van der Waals surface area contributed by atoms with Gasteiger partial charge in [-0.15, -0.1) is 0 Å². The highest BCUT2D eigenvalue weighted by Crippen LogP contribution is 2.44. The number of aryl methyl sites for hydroxylation is 1. The first-order chi connectivity index (χ1) is 16.9. The van der Waals surface area contributed by atoms with Crippen LogP contribution in [0.5, 0.6) is 0 Å². The van der Waals surface area contributed by atoms with E-state index in [-0.39, 0.29) is 24.3 Å². The summed E-state index contributed by atoms with van der Waals surface area (Å²) in [4.78, 5) is 30.2. The molecule has 1 aliphatic rings. The molecule has 1 amide bonds. The number of alkyl carbamates (subject to hydrolysis) is 1. The second-order valence-electron chi connectivity index (χ2n) is 9.46. The number of hydrogen-bond donors (Lipinski definition) is 1. The average Bonchev–Trinajstić information content (AvgIpc) is 3.15. The standard InChI is InChI=1S/C29H28N2O4/c1-17(2)15-25(27-30-24-14-8-9-18(3)26(24)28(32)35-27)31-29(33)34-16-23-21-12-6-4-10-19(21)20-11-5-7-13-22(20)23/h4-14,17,23,25H,15-16H2,1-3H3,(H,31,33)/t25-/m0/s1. The molecule has 35 heavy (non-hydrogen) atoms. The first-order valence-corrected chi connectivity index (χ1v) is 11.9. The Hall–Kier alpha value is -3.93. The van der Waals surface area contributed by atoms with Crippen molar-refractivity contribution in [3.63, 3.8) is 0 Å². The molecule has 0 bridgehead atoms. The molecule has 1 aliphatic carbocycles. The normalized spacial score (nSPS) is 13.5. The summed E-state index contributed by atoms with van der Waals surface area (Å²) in [7, 11) is 0. The van der Waals surface area contributed by atoms with E-state index in [0.29, 0.717) is 17.3 Å². The van der Waals surface area contributed by atoms with Crippen LogP contribution < -0.4 is 10.9 Å². The summed E-state index contributed by atoms with van der Waals surface area (Å²) in [6, 6.07) is 21.3. The molecule has 0 saturated carbocycles. The van der Waals surface area contributed by atoms with Gasteiger partial charge >= 0.3 is 11.7 Å². The van der Waals surface area contributed by atoms with E-state index < -0.39 is 17.8 Å². The fourth-order valence-electron chi connectivity index (χ4n) is 4.92. The number of benzene rings is 3. The molecular weight excluding hydrogens is 440 g/mol. The highest BCUT2D eigenvalue weighted by molar-refractivity contribution is 5.81. The molecule has 178 valence electrons. The molecule has 0 saturated heterocycles. The van der Waals surface area contributed by atoms with Crippen molar-refractivity contribution >= 4 is 17.0 Å². The molecule has 1 heterocycles. The van der Waals surface area contributed by atoms with Crippen molar-refractivity contribution in [3.8, 4) is 11.1 Å². The van der Waals surface area contributed by atoms with Gasteiger partial charge in [-0.05, 0) is 53.1 Å². The van der Waals surface area contributed by atoms with Crippen LogP contribution in [0.25, 0.3) is 22.0 Å². The number of nitrogens with one attached hydrogen (secondary N) is 1. The quantitative estimate of drug-likeness (QED) is 0.369. The number of carbonyl (C=O) groups excluding carboxylic acids is 1. The zero-order valence-electron chi connectivity index (χ0n) is 20.1. The first kappa shape index (κ1) is 22.8. The lowest BCUT2D eigenvalue weighted by molar-refractivity contribution is 0.135. The number of ether oxygens (including phenoxy) is 1. The monoisotopic (exact) mass is 468 g/mol. The van der Waals surface area contributed by atoms with Gasteiger partial charge in [0, 0.05) is 5.92 Å². The summed E-state index contributed by atoms with van der Waals surface area (Å²) < 4.78 is 11.3. The molecule has 1 N–H and O–H groups in total. The Bertz CT molecular complexity index is 1410. The van der Waals surface area contributed by atoms with Crippen molar-refractivity contribution in [3.05, 3.63) is 99.7 Å². The SMILES string of the molecule is Cc1cccc2nc([C@H](CC(C)C)NC(=O)OCC3c4ccccc4-c4ccccc43)oc(=O)c12. The Kier molecular flexibility index (Phi) is 6.12. The van der Waals surface area contributed by atoms with Gasteiger partial charge in [-0.25, -0.2) is 14.6 Å². The third-order valence-electron chi connectivity index (χ3n) is 6.52. The molecule has 3 aromatic carbocycles. The highest BCUT2D eigenvalue weighted by atomic mass is 16.5. The lowest BCUT2D eigenvalue weighted by atomic mass is 9.98. The van der Waals surface area contributed by atoms with Gasteiger partial charge in [-0.1, -0.05) is 74.5 Å². The van der Waals surface area contributed by atoms with Crippen LogP contribution in [0.3, 0.4) is 0 Å². The molecule has 1 aromatic heterocycles. The summed E-state index contributed by atoms with van der Waals surface area (Å²) in [5.41, 5.74) is 5.56. The number of carbonyl (C=O) groups is 1. The van der Waals surface area contributed by atoms with Gasteiger partial charge < -0.3 is 14.5 Å². The second-order valence-corrected chi connectivity index (χ2v) is 9.46. The van der Waals surface area contributed by atoms with Gasteiger partial charge in [0.25, 0.3) is 0 Å². The summed E-state index contributed by atoms with van der Waals surface area (Å²) in [5.74, 6) is 0.390. The number of hydrogen-bond acceptors (Lipinski definition) is 5. The maximum atomic E-state index is 12.9. The van der Waals surface area contributed by atoms with Crippen LogP contribution in [0.15, 0.2) is 75.9 Å². The van der Waals surface area contributed by atoms with E-state index in [4.69, 9.17) is 9.15 Å². The van der Waals surface area contributed by atoms with Crippen LogP contribution in [0.1, 0.15) is 54.8 Å². The molecular formula is C29H28N2O4. The minimum Gasteiger partial charge on any atom is -0.449 e. The molecule has 0 radical (unpaired) electrons. The van der Waals surface area contributed by atoms with Gasteiger partial charge in [0.05, 0.1) is 10.9 Å². The van der Waals surface area contributed by atoms with Crippen molar-refractivity contribution in [2.75, 3.05) is 6.61 Å². The van der Waals surface area contributed by atoms with Crippen LogP contribution in [0, 0.1) is 12.8 Å². The summed E-state index contributed by atoms with van der Waals surface area (Å²) in [6.45, 7) is 6.13. The smallest absolute Gasteiger partial charge is 0.407 e. The lowest BCUT2D eigenvalue weighted by Gasteiger charge is -2.20. The third-order valence-corrected chi connectivity index (χ3v) is 6.52. The molecule has 0 spiro atoms. The zero-order chi connectivity index (χ0) is 24.5. The van der Waals surface area contributed by atoms with Crippen LogP contribution in [-0.2, 0) is 4.74 Å². The van der Waals surface area contributed by atoms with E-state index in [1.165, 1.54) is 11.1 Å². The Morgan fingerprint density at radius 1 is 1.00 bits per heavy atom. The molecule has 5 rings (SSSR count). The Balaban J connectivity index is 1.36. The number of nitrogens with zero attached hydrogens (tertiary/aromatic N) is 1. The molecule has 6 nitrogen and oxygen atoms in total. The van der Waals surface area contributed by atoms with Crippen LogP contribution in [0.2, 0.25) is 0 Å². The highest BCUT2D eigenvalue weighted by Gasteiger charge is 2.30. The van der Waals surface area contributed by atoms with Gasteiger partial charge in [-0.2, -0.15) is 0 Å². The van der Waals surface area contributed by atoms with E-state index >= 15 is 0 Å². The largest absolute Gasteiger partial charge is 0.449 e. The number of fused-ring (bicyclic) bond motifs is 4. The summed E-state index contributed by atoms with van der Waals surface area (Å²) in [6.07, 6.45) is -0.0106. The Morgan fingerprint density at radius 2 is 1.66 bits per heavy atom. The fourth-order valence-corrected chi connectivity index (χ4v) is 4.92. The molecule has 0 aliphatic heterocycles. The van der Waals surface area contributed by atoms with E-state index in [1.807, 2.05) is 57.2 Å². The predicted molar refractivity (Wildman–Crippen MR) is 135 cm³/mol. The van der Waals surface area contributed by atoms with Crippen molar-refractivity contribution in [2.45, 2.75) is 39.2 Å². The molecule has 4 aromatic rings. The van der Waals surface area contributed by atoms with Crippen molar-refractivity contribution < 1.29 is 13.9 Å². The summed E-state index contributed by atoms with van der Waals surface area (Å²) >= 11 is 0. The Morgan fingerprint density at radius 3 is 2.31 bits per heavy atom. The van der Waals surface area contributed by atoms with Crippen LogP contribution >= 0.6 is 0 Å². The van der Waals surface area contributed by atoms with E-state index in [2.05, 4.69) is 34.6 Å². The van der Waals surface area contributed by atoms with Crippen molar-refractivity contribution in [2.24, 2.45) is 5.92 Å².